The third kappa shape index (κ3) is 13.2. The zero-order chi connectivity index (χ0) is 49.6. The Bertz CT molecular complexity index is 2230. The minimum Gasteiger partial charge on any atom is -0.497 e. The predicted molar refractivity (Wildman–Crippen MR) is 250 cm³/mol. The molecule has 2 N–H and O–H groups in total. The van der Waals surface area contributed by atoms with Gasteiger partial charge >= 0.3 is 5.97 Å². The van der Waals surface area contributed by atoms with E-state index in [2.05, 4.69) is 10.6 Å². The molecule has 67 heavy (non-hydrogen) atoms. The molecule has 362 valence electrons. The molecule has 0 aromatic heterocycles. The lowest BCUT2D eigenvalue weighted by Crippen LogP contribution is -2.60. The van der Waals surface area contributed by atoms with Crippen molar-refractivity contribution in [2.75, 3.05) is 40.8 Å². The summed E-state index contributed by atoms with van der Waals surface area (Å²) in [5, 5.41) is 16.8. The molecule has 3 aromatic carbocycles. The zero-order valence-corrected chi connectivity index (χ0v) is 40.0. The third-order valence-corrected chi connectivity index (χ3v) is 12.4. The fourth-order valence-corrected chi connectivity index (χ4v) is 7.61. The van der Waals surface area contributed by atoms with Crippen LogP contribution in [-0.4, -0.2) is 136 Å². The number of methoxy groups -OCH3 is 1. The average molecular weight is 928 g/mol. The number of hydrogen-bond donors (Lipinski definition) is 2. The molecule has 0 spiro atoms. The quantitative estimate of drug-likeness (QED) is 0.0582. The molecule has 18 nitrogen and oxygen atoms in total. The number of benzene rings is 3. The lowest BCUT2D eigenvalue weighted by Gasteiger charge is -2.39. The van der Waals surface area contributed by atoms with Gasteiger partial charge in [0.2, 0.25) is 23.6 Å². The SMILES string of the molecule is CCCN(C(=O)[C@H](CCCCNC(=O)C(C)(C)N(C)C(=O)c1ccc([N+](=O)[O-])cc1)NC(=O)C1CCCN1C(=O)C(C)(C)N(C)C(=O)c1ccc(OC)cc1)[C@@H](C)C(=O)OCc1ccccc1. The van der Waals surface area contributed by atoms with Crippen molar-refractivity contribution in [2.24, 2.45) is 0 Å². The van der Waals surface area contributed by atoms with E-state index < -0.39 is 75.5 Å². The molecule has 1 heterocycles. The summed E-state index contributed by atoms with van der Waals surface area (Å²) in [7, 11) is 4.51. The summed E-state index contributed by atoms with van der Waals surface area (Å²) in [5.41, 5.74) is -1.57. The molecule has 18 heteroatoms. The van der Waals surface area contributed by atoms with Crippen LogP contribution >= 0.6 is 0 Å². The van der Waals surface area contributed by atoms with Crippen molar-refractivity contribution >= 4 is 47.1 Å². The van der Waals surface area contributed by atoms with Crippen LogP contribution < -0.4 is 15.4 Å². The Morgan fingerprint density at radius 2 is 1.43 bits per heavy atom. The Morgan fingerprint density at radius 3 is 2.00 bits per heavy atom. The molecule has 1 aliphatic heterocycles. The number of carbonyl (C=O) groups is 7. The topological polar surface area (TPSA) is 218 Å². The number of nitrogens with one attached hydrogen (secondary N) is 2. The second kappa shape index (κ2) is 23.6. The second-order valence-corrected chi connectivity index (χ2v) is 17.6. The number of likely N-dealkylation sites (N-methyl/N-ethyl adjacent to an activating group) is 2. The maximum absolute atomic E-state index is 14.6. The van der Waals surface area contributed by atoms with Gasteiger partial charge in [-0.1, -0.05) is 37.3 Å². The van der Waals surface area contributed by atoms with E-state index in [0.29, 0.717) is 43.4 Å². The van der Waals surface area contributed by atoms with Gasteiger partial charge in [0.15, 0.2) is 0 Å². The monoisotopic (exact) mass is 927 g/mol. The van der Waals surface area contributed by atoms with E-state index in [0.717, 1.165) is 5.56 Å². The highest BCUT2D eigenvalue weighted by atomic mass is 16.6. The number of rotatable bonds is 22. The van der Waals surface area contributed by atoms with Gasteiger partial charge in [-0.15, -0.1) is 0 Å². The lowest BCUT2D eigenvalue weighted by molar-refractivity contribution is -0.384. The van der Waals surface area contributed by atoms with E-state index in [-0.39, 0.29) is 43.9 Å². The summed E-state index contributed by atoms with van der Waals surface area (Å²) in [6.45, 7) is 10.4. The van der Waals surface area contributed by atoms with Crippen LogP contribution in [-0.2, 0) is 35.3 Å². The summed E-state index contributed by atoms with van der Waals surface area (Å²) in [6, 6.07) is 17.6. The van der Waals surface area contributed by atoms with Crippen LogP contribution in [0.25, 0.3) is 0 Å². The van der Waals surface area contributed by atoms with Crippen molar-refractivity contribution in [1.29, 1.82) is 0 Å². The fraction of sp³-hybridized carbons (Fsp3) is 0.490. The number of ether oxygens (including phenoxy) is 2. The minimum atomic E-state index is -1.37. The van der Waals surface area contributed by atoms with Gasteiger partial charge in [0.05, 0.1) is 12.0 Å². The van der Waals surface area contributed by atoms with Crippen LogP contribution in [0.15, 0.2) is 78.9 Å². The van der Waals surface area contributed by atoms with Crippen LogP contribution in [0.4, 0.5) is 5.69 Å². The molecule has 3 atom stereocenters. The zero-order valence-electron chi connectivity index (χ0n) is 40.0. The number of hydrogen-bond acceptors (Lipinski definition) is 11. The normalized spacial score (nSPS) is 14.5. The smallest absolute Gasteiger partial charge is 0.328 e. The number of nitro benzene ring substituents is 1. The first-order valence-electron chi connectivity index (χ1n) is 22.5. The van der Waals surface area contributed by atoms with Crippen LogP contribution in [0.1, 0.15) is 106 Å². The molecule has 1 fully saturated rings. The van der Waals surface area contributed by atoms with Crippen molar-refractivity contribution < 1.29 is 48.0 Å². The fourth-order valence-electron chi connectivity index (χ4n) is 7.61. The highest BCUT2D eigenvalue weighted by Crippen LogP contribution is 2.27. The second-order valence-electron chi connectivity index (χ2n) is 17.6. The molecule has 0 saturated carbocycles. The Balaban J connectivity index is 1.49. The van der Waals surface area contributed by atoms with E-state index >= 15 is 0 Å². The number of unbranched alkanes of at least 4 members (excludes halogenated alkanes) is 1. The van der Waals surface area contributed by atoms with Crippen molar-refractivity contribution in [2.45, 2.75) is 116 Å². The van der Waals surface area contributed by atoms with E-state index in [9.17, 15) is 43.7 Å². The molecule has 6 amide bonds. The third-order valence-electron chi connectivity index (χ3n) is 12.4. The molecule has 3 aromatic rings. The average Bonchev–Trinajstić information content (AvgIpc) is 3.83. The van der Waals surface area contributed by atoms with Crippen LogP contribution in [0.5, 0.6) is 5.75 Å². The molecular weight excluding hydrogens is 863 g/mol. The van der Waals surface area contributed by atoms with Crippen LogP contribution in [0, 0.1) is 10.1 Å². The molecule has 0 aliphatic carbocycles. The number of non-ortho nitro benzene ring substituents is 1. The summed E-state index contributed by atoms with van der Waals surface area (Å²) in [5.74, 6) is -2.95. The van der Waals surface area contributed by atoms with E-state index in [1.165, 1.54) is 65.1 Å². The molecule has 1 saturated heterocycles. The first-order chi connectivity index (χ1) is 31.7. The highest BCUT2D eigenvalue weighted by Gasteiger charge is 2.45. The lowest BCUT2D eigenvalue weighted by atomic mass is 9.98. The van der Waals surface area contributed by atoms with Crippen LogP contribution in [0.2, 0.25) is 0 Å². The molecule has 1 aliphatic rings. The number of carbonyl (C=O) groups excluding carboxylic acids is 7. The maximum atomic E-state index is 14.6. The summed E-state index contributed by atoms with van der Waals surface area (Å²) < 4.78 is 10.8. The minimum absolute atomic E-state index is 0.00459. The van der Waals surface area contributed by atoms with Gasteiger partial charge in [-0.25, -0.2) is 4.79 Å². The van der Waals surface area contributed by atoms with E-state index in [1.807, 2.05) is 37.3 Å². The standard InChI is InChI=1S/C49H65N7O11/c1-10-30-54(33(2)45(61)67-32-34-17-12-11-13-18-34)44(60)39(19-14-15-29-50-46(62)48(3,4)52(7)42(58)35-21-25-37(26-22-35)56(64)65)51-41(57)40-20-16-31-55(40)47(63)49(5,6)53(8)43(59)36-23-27-38(66-9)28-24-36/h11-13,17-18,21-28,33,39-40H,10,14-16,19-20,29-32H2,1-9H3,(H,50,62)(H,51,57)/t33-,39-,40?/m0/s1. The summed E-state index contributed by atoms with van der Waals surface area (Å²) in [6.07, 6.45) is 2.12. The Kier molecular flexibility index (Phi) is 18.6. The first-order valence-corrected chi connectivity index (χ1v) is 22.5. The molecule has 4 rings (SSSR count). The number of amides is 6. The van der Waals surface area contributed by atoms with Crippen molar-refractivity contribution in [1.82, 2.24) is 30.2 Å². The number of esters is 1. The van der Waals surface area contributed by atoms with Crippen molar-refractivity contribution in [3.8, 4) is 5.75 Å². The van der Waals surface area contributed by atoms with Gasteiger partial charge < -0.3 is 39.7 Å². The molecule has 0 radical (unpaired) electrons. The van der Waals surface area contributed by atoms with Gasteiger partial charge in [0.25, 0.3) is 17.5 Å². The Labute approximate surface area is 392 Å². The molecule has 1 unspecified atom stereocenters. The molecule has 0 bridgehead atoms. The Morgan fingerprint density at radius 1 is 0.851 bits per heavy atom. The maximum Gasteiger partial charge on any atom is 0.328 e. The van der Waals surface area contributed by atoms with Gasteiger partial charge in [-0.2, -0.15) is 0 Å². The van der Waals surface area contributed by atoms with Gasteiger partial charge in [0, 0.05) is 57.0 Å². The summed E-state index contributed by atoms with van der Waals surface area (Å²) >= 11 is 0. The van der Waals surface area contributed by atoms with Gasteiger partial charge in [0.1, 0.15) is 41.6 Å². The predicted octanol–water partition coefficient (Wildman–Crippen LogP) is 5.14. The molecular formula is C49H65N7O11. The van der Waals surface area contributed by atoms with Crippen molar-refractivity contribution in [3.63, 3.8) is 0 Å². The van der Waals surface area contributed by atoms with Gasteiger partial charge in [-0.05, 0) is 115 Å². The first kappa shape index (κ1) is 52.8. The number of nitro groups is 1. The van der Waals surface area contributed by atoms with E-state index in [4.69, 9.17) is 9.47 Å². The Hall–Kier alpha value is -6.85. The van der Waals surface area contributed by atoms with Gasteiger partial charge in [-0.3, -0.25) is 38.9 Å². The summed E-state index contributed by atoms with van der Waals surface area (Å²) in [4.78, 5) is 113. The number of nitrogens with zero attached hydrogens (tertiary/aromatic N) is 5. The van der Waals surface area contributed by atoms with Crippen LogP contribution in [0.3, 0.4) is 0 Å². The van der Waals surface area contributed by atoms with E-state index in [1.54, 1.807) is 58.9 Å². The highest BCUT2D eigenvalue weighted by molar-refractivity contribution is 6.01. The largest absolute Gasteiger partial charge is 0.497 e. The van der Waals surface area contributed by atoms with Crippen molar-refractivity contribution in [3.05, 3.63) is 106 Å². The number of likely N-dealkylation sites (tertiary alicyclic amines) is 1.